The molecule has 116 valence electrons. The van der Waals surface area contributed by atoms with E-state index < -0.39 is 6.03 Å². The second-order valence-electron chi connectivity index (χ2n) is 4.35. The molecule has 0 spiro atoms. The van der Waals surface area contributed by atoms with Crippen LogP contribution in [0.1, 0.15) is 5.56 Å². The van der Waals surface area contributed by atoms with E-state index in [1.165, 1.54) is 12.1 Å². The van der Waals surface area contributed by atoms with Crippen molar-refractivity contribution in [2.45, 2.75) is 6.54 Å². The smallest absolute Gasteiger partial charge is 0.317 e. The van der Waals surface area contributed by atoms with Crippen molar-refractivity contribution in [2.24, 2.45) is 0 Å². The molecule has 2 amide bonds. The van der Waals surface area contributed by atoms with Crippen molar-refractivity contribution < 1.29 is 13.9 Å². The summed E-state index contributed by atoms with van der Waals surface area (Å²) in [6, 6.07) is 10.3. The van der Waals surface area contributed by atoms with Gasteiger partial charge in [0.05, 0.1) is 5.02 Å². The number of rotatable bonds is 5. The standard InChI is InChI=1S/C15H13Cl2FN2O2/c16-11-4-5-14(13(17)7-11)22-9-20-15(21)19-8-10-2-1-3-12(18)6-10/h1-7H,8-9H2,(H2,19,20,21). The summed E-state index contributed by atoms with van der Waals surface area (Å²) in [5, 5.41) is 5.94. The highest BCUT2D eigenvalue weighted by atomic mass is 35.5. The van der Waals surface area contributed by atoms with Crippen molar-refractivity contribution in [2.75, 3.05) is 6.73 Å². The van der Waals surface area contributed by atoms with Crippen LogP contribution >= 0.6 is 23.2 Å². The van der Waals surface area contributed by atoms with E-state index in [1.807, 2.05) is 0 Å². The zero-order chi connectivity index (χ0) is 15.9. The largest absolute Gasteiger partial charge is 0.472 e. The van der Waals surface area contributed by atoms with Crippen molar-refractivity contribution in [3.63, 3.8) is 0 Å². The summed E-state index contributed by atoms with van der Waals surface area (Å²) in [7, 11) is 0. The first-order valence-corrected chi connectivity index (χ1v) is 7.14. The molecule has 0 radical (unpaired) electrons. The van der Waals surface area contributed by atoms with Gasteiger partial charge >= 0.3 is 6.03 Å². The molecule has 4 nitrogen and oxygen atoms in total. The number of hydrogen-bond donors (Lipinski definition) is 2. The van der Waals surface area contributed by atoms with Gasteiger partial charge in [-0.1, -0.05) is 35.3 Å². The van der Waals surface area contributed by atoms with E-state index in [4.69, 9.17) is 27.9 Å². The number of nitrogens with one attached hydrogen (secondary N) is 2. The second kappa shape index (κ2) is 7.87. The number of urea groups is 1. The zero-order valence-electron chi connectivity index (χ0n) is 11.4. The molecular weight excluding hydrogens is 330 g/mol. The maximum absolute atomic E-state index is 13.0. The van der Waals surface area contributed by atoms with Gasteiger partial charge in [0.2, 0.25) is 0 Å². The Morgan fingerprint density at radius 1 is 1.14 bits per heavy atom. The summed E-state index contributed by atoms with van der Waals surface area (Å²) in [6.45, 7) is 0.154. The molecule has 0 saturated heterocycles. The summed E-state index contributed by atoms with van der Waals surface area (Å²) in [5.41, 5.74) is 0.664. The second-order valence-corrected chi connectivity index (χ2v) is 5.20. The quantitative estimate of drug-likeness (QED) is 0.807. The predicted octanol–water partition coefficient (Wildman–Crippen LogP) is 3.97. The van der Waals surface area contributed by atoms with Crippen LogP contribution in [0, 0.1) is 5.82 Å². The first kappa shape index (κ1) is 16.4. The van der Waals surface area contributed by atoms with Gasteiger partial charge in [-0.3, -0.25) is 0 Å². The average Bonchev–Trinajstić information content (AvgIpc) is 2.47. The minimum Gasteiger partial charge on any atom is -0.472 e. The Balaban J connectivity index is 1.74. The van der Waals surface area contributed by atoms with E-state index >= 15 is 0 Å². The summed E-state index contributed by atoms with van der Waals surface area (Å²) >= 11 is 11.7. The molecular formula is C15H13Cl2FN2O2. The molecule has 0 aliphatic rings. The van der Waals surface area contributed by atoms with Crippen molar-refractivity contribution >= 4 is 29.2 Å². The van der Waals surface area contributed by atoms with Crippen LogP contribution in [0.4, 0.5) is 9.18 Å². The van der Waals surface area contributed by atoms with Crippen molar-refractivity contribution in [3.05, 3.63) is 63.9 Å². The molecule has 0 heterocycles. The molecule has 0 atom stereocenters. The van der Waals surface area contributed by atoms with Gasteiger partial charge in [-0.2, -0.15) is 0 Å². The molecule has 22 heavy (non-hydrogen) atoms. The Morgan fingerprint density at radius 2 is 1.95 bits per heavy atom. The minimum absolute atomic E-state index is 0.0592. The fraction of sp³-hybridized carbons (Fsp3) is 0.133. The molecule has 0 bridgehead atoms. The highest BCUT2D eigenvalue weighted by Gasteiger charge is 2.04. The lowest BCUT2D eigenvalue weighted by Crippen LogP contribution is -2.37. The maximum atomic E-state index is 13.0. The van der Waals surface area contributed by atoms with Gasteiger partial charge in [0.25, 0.3) is 0 Å². The molecule has 2 aromatic rings. The topological polar surface area (TPSA) is 50.4 Å². The molecule has 7 heteroatoms. The lowest BCUT2D eigenvalue weighted by Gasteiger charge is -2.10. The van der Waals surface area contributed by atoms with Crippen LogP contribution in [-0.2, 0) is 6.54 Å². The Bertz CT molecular complexity index is 668. The summed E-state index contributed by atoms with van der Waals surface area (Å²) in [5.74, 6) is 0.0666. The molecule has 0 aliphatic heterocycles. The third-order valence-electron chi connectivity index (χ3n) is 2.70. The normalized spacial score (nSPS) is 10.1. The lowest BCUT2D eigenvalue weighted by molar-refractivity contribution is 0.223. The van der Waals surface area contributed by atoms with E-state index in [9.17, 15) is 9.18 Å². The number of benzene rings is 2. The Labute approximate surface area is 137 Å². The summed E-state index contributed by atoms with van der Waals surface area (Å²) in [4.78, 5) is 11.6. The van der Waals surface area contributed by atoms with Gasteiger partial charge in [-0.25, -0.2) is 9.18 Å². The van der Waals surface area contributed by atoms with E-state index in [1.54, 1.807) is 30.3 Å². The third-order valence-corrected chi connectivity index (χ3v) is 3.23. The summed E-state index contributed by atoms with van der Waals surface area (Å²) in [6.07, 6.45) is 0. The highest BCUT2D eigenvalue weighted by molar-refractivity contribution is 6.35. The maximum Gasteiger partial charge on any atom is 0.317 e. The van der Waals surface area contributed by atoms with Crippen LogP contribution in [0.2, 0.25) is 10.0 Å². The van der Waals surface area contributed by atoms with Crippen molar-refractivity contribution in [1.29, 1.82) is 0 Å². The van der Waals surface area contributed by atoms with Crippen LogP contribution in [0.5, 0.6) is 5.75 Å². The van der Waals surface area contributed by atoms with Gasteiger partial charge in [0.15, 0.2) is 6.73 Å². The molecule has 0 unspecified atom stereocenters. The molecule has 2 N–H and O–H groups in total. The van der Waals surface area contributed by atoms with Gasteiger partial charge in [-0.05, 0) is 35.9 Å². The summed E-state index contributed by atoms with van der Waals surface area (Å²) < 4.78 is 18.3. The van der Waals surface area contributed by atoms with Gasteiger partial charge in [0, 0.05) is 11.6 Å². The Morgan fingerprint density at radius 3 is 2.68 bits per heavy atom. The Hall–Kier alpha value is -1.98. The van der Waals surface area contributed by atoms with Crippen LogP contribution in [0.15, 0.2) is 42.5 Å². The number of carbonyl (C=O) groups excluding carboxylic acids is 1. The minimum atomic E-state index is -0.436. The number of hydrogen-bond acceptors (Lipinski definition) is 2. The monoisotopic (exact) mass is 342 g/mol. The molecule has 0 aliphatic carbocycles. The third kappa shape index (κ3) is 5.09. The predicted molar refractivity (Wildman–Crippen MR) is 83.7 cm³/mol. The lowest BCUT2D eigenvalue weighted by atomic mass is 10.2. The van der Waals surface area contributed by atoms with Crippen LogP contribution in [-0.4, -0.2) is 12.8 Å². The number of carbonyl (C=O) groups is 1. The fourth-order valence-corrected chi connectivity index (χ4v) is 2.13. The molecule has 0 fully saturated rings. The number of ether oxygens (including phenoxy) is 1. The Kier molecular flexibility index (Phi) is 5.86. The number of amides is 2. The molecule has 0 aromatic heterocycles. The first-order chi connectivity index (χ1) is 10.5. The van der Waals surface area contributed by atoms with E-state index in [0.29, 0.717) is 21.4 Å². The fourth-order valence-electron chi connectivity index (χ4n) is 1.66. The molecule has 2 rings (SSSR count). The van der Waals surface area contributed by atoms with Gasteiger partial charge < -0.3 is 15.4 Å². The number of halogens is 3. The van der Waals surface area contributed by atoms with Gasteiger partial charge in [-0.15, -0.1) is 0 Å². The van der Waals surface area contributed by atoms with Crippen LogP contribution < -0.4 is 15.4 Å². The van der Waals surface area contributed by atoms with Crippen LogP contribution in [0.25, 0.3) is 0 Å². The van der Waals surface area contributed by atoms with Crippen molar-refractivity contribution in [1.82, 2.24) is 10.6 Å². The van der Waals surface area contributed by atoms with Crippen LogP contribution in [0.3, 0.4) is 0 Å². The van der Waals surface area contributed by atoms with E-state index in [-0.39, 0.29) is 19.1 Å². The van der Waals surface area contributed by atoms with Gasteiger partial charge in [0.1, 0.15) is 11.6 Å². The van der Waals surface area contributed by atoms with Crippen molar-refractivity contribution in [3.8, 4) is 5.75 Å². The SMILES string of the molecule is O=C(NCOc1ccc(Cl)cc1Cl)NCc1cccc(F)c1. The first-order valence-electron chi connectivity index (χ1n) is 6.38. The molecule has 0 saturated carbocycles. The highest BCUT2D eigenvalue weighted by Crippen LogP contribution is 2.27. The zero-order valence-corrected chi connectivity index (χ0v) is 12.9. The van der Waals surface area contributed by atoms with E-state index in [2.05, 4.69) is 10.6 Å². The molecule has 2 aromatic carbocycles. The van der Waals surface area contributed by atoms with E-state index in [0.717, 1.165) is 0 Å². The average molecular weight is 343 g/mol.